The fraction of sp³-hybridized carbons (Fsp3) is 0.0909. The van der Waals surface area contributed by atoms with Crippen LogP contribution in [0.2, 0.25) is 0 Å². The van der Waals surface area contributed by atoms with E-state index >= 15 is 0 Å². The largest absolute Gasteiger partial charge is 0.492 e. The van der Waals surface area contributed by atoms with E-state index in [0.717, 1.165) is 24.4 Å². The Labute approximate surface area is 110 Å². The highest BCUT2D eigenvalue weighted by Crippen LogP contribution is 2.41. The smallest absolute Gasteiger partial charge is 0.233 e. The van der Waals surface area contributed by atoms with E-state index in [-0.39, 0.29) is 5.88 Å². The van der Waals surface area contributed by atoms with Crippen LogP contribution in [0, 0.1) is 0 Å². The summed E-state index contributed by atoms with van der Waals surface area (Å²) in [5.41, 5.74) is 0.964. The monoisotopic (exact) mass is 280 g/mol. The minimum atomic E-state index is 0.0819. The van der Waals surface area contributed by atoms with Crippen LogP contribution in [-0.2, 0) is 0 Å². The summed E-state index contributed by atoms with van der Waals surface area (Å²) in [5.74, 6) is 0.0819. The van der Waals surface area contributed by atoms with Crippen LogP contribution in [0.1, 0.15) is 0 Å². The lowest BCUT2D eigenvalue weighted by atomic mass is 10.3. The van der Waals surface area contributed by atoms with Gasteiger partial charge in [0.25, 0.3) is 0 Å². The Kier molecular flexibility index (Phi) is 2.78. The average molecular weight is 280 g/mol. The first-order valence-corrected chi connectivity index (χ1v) is 7.73. The molecule has 0 saturated heterocycles. The molecule has 0 radical (unpaired) electrons. The molecule has 0 amide bonds. The molecule has 6 heteroatoms. The van der Waals surface area contributed by atoms with E-state index in [4.69, 9.17) is 0 Å². The van der Waals surface area contributed by atoms with Crippen molar-refractivity contribution in [3.63, 3.8) is 0 Å². The number of benzene rings is 1. The van der Waals surface area contributed by atoms with Crippen molar-refractivity contribution in [1.82, 2.24) is 9.97 Å². The van der Waals surface area contributed by atoms with Crippen LogP contribution in [0.5, 0.6) is 5.88 Å². The SMILES string of the molecule is CSc1nc(O)c(-c2nc3ccccc3s2)s1. The number of thioether (sulfide) groups is 1. The summed E-state index contributed by atoms with van der Waals surface area (Å²) >= 11 is 4.59. The highest BCUT2D eigenvalue weighted by molar-refractivity contribution is 8.00. The van der Waals surface area contributed by atoms with E-state index in [9.17, 15) is 5.11 Å². The maximum Gasteiger partial charge on any atom is 0.233 e. The molecule has 0 atom stereocenters. The maximum absolute atomic E-state index is 9.79. The molecule has 0 aliphatic rings. The van der Waals surface area contributed by atoms with E-state index in [0.29, 0.717) is 0 Å². The third kappa shape index (κ3) is 1.92. The first-order chi connectivity index (χ1) is 8.28. The van der Waals surface area contributed by atoms with Crippen LogP contribution in [0.25, 0.3) is 20.1 Å². The van der Waals surface area contributed by atoms with Crippen LogP contribution in [0.15, 0.2) is 28.6 Å². The number of fused-ring (bicyclic) bond motifs is 1. The summed E-state index contributed by atoms with van der Waals surface area (Å²) < 4.78 is 1.98. The lowest BCUT2D eigenvalue weighted by Crippen LogP contribution is -1.71. The van der Waals surface area contributed by atoms with Gasteiger partial charge in [-0.2, -0.15) is 4.98 Å². The molecule has 2 heterocycles. The third-order valence-electron chi connectivity index (χ3n) is 2.25. The van der Waals surface area contributed by atoms with Crippen molar-refractivity contribution in [3.05, 3.63) is 24.3 Å². The van der Waals surface area contributed by atoms with Crippen molar-refractivity contribution in [2.75, 3.05) is 6.26 Å². The predicted molar refractivity (Wildman–Crippen MR) is 74.2 cm³/mol. The van der Waals surface area contributed by atoms with Crippen LogP contribution in [0.3, 0.4) is 0 Å². The number of rotatable bonds is 2. The topological polar surface area (TPSA) is 46.0 Å². The molecule has 0 bridgehead atoms. The summed E-state index contributed by atoms with van der Waals surface area (Å²) in [5, 5.41) is 10.6. The van der Waals surface area contributed by atoms with Crippen LogP contribution in [0.4, 0.5) is 0 Å². The standard InChI is InChI=1S/C11H8N2OS3/c1-15-11-13-9(14)8(17-11)10-12-6-4-2-3-5-7(6)16-10/h2-5,14H,1H3. The average Bonchev–Trinajstić information content (AvgIpc) is 2.91. The molecule has 0 spiro atoms. The van der Waals surface area contributed by atoms with Crippen molar-refractivity contribution >= 4 is 44.7 Å². The zero-order chi connectivity index (χ0) is 11.8. The molecule has 1 aromatic carbocycles. The number of hydrogen-bond donors (Lipinski definition) is 1. The first kappa shape index (κ1) is 11.0. The maximum atomic E-state index is 9.79. The Morgan fingerprint density at radius 3 is 2.71 bits per heavy atom. The number of para-hydroxylation sites is 1. The van der Waals surface area contributed by atoms with Gasteiger partial charge < -0.3 is 5.11 Å². The molecular formula is C11H8N2OS3. The molecule has 0 aliphatic carbocycles. The molecule has 0 fully saturated rings. The van der Waals surface area contributed by atoms with Crippen LogP contribution >= 0.6 is 34.4 Å². The van der Waals surface area contributed by atoms with E-state index in [2.05, 4.69) is 9.97 Å². The zero-order valence-corrected chi connectivity index (χ0v) is 11.3. The molecule has 0 aliphatic heterocycles. The Morgan fingerprint density at radius 1 is 1.18 bits per heavy atom. The molecule has 86 valence electrons. The van der Waals surface area contributed by atoms with Gasteiger partial charge in [-0.05, 0) is 18.4 Å². The Hall–Kier alpha value is -1.11. The van der Waals surface area contributed by atoms with Crippen LogP contribution in [-0.4, -0.2) is 21.3 Å². The Morgan fingerprint density at radius 2 is 2.00 bits per heavy atom. The van der Waals surface area contributed by atoms with Gasteiger partial charge >= 0.3 is 0 Å². The number of nitrogens with zero attached hydrogens (tertiary/aromatic N) is 2. The minimum absolute atomic E-state index is 0.0819. The summed E-state index contributed by atoms with van der Waals surface area (Å²) in [4.78, 5) is 9.35. The quantitative estimate of drug-likeness (QED) is 0.724. The fourth-order valence-electron chi connectivity index (χ4n) is 1.49. The van der Waals surface area contributed by atoms with Gasteiger partial charge in [-0.1, -0.05) is 23.9 Å². The van der Waals surface area contributed by atoms with Gasteiger partial charge in [0.15, 0.2) is 4.34 Å². The fourth-order valence-corrected chi connectivity index (χ4v) is 3.98. The molecule has 0 unspecified atom stereocenters. The predicted octanol–water partition coefficient (Wildman–Crippen LogP) is 3.85. The van der Waals surface area contributed by atoms with Crippen molar-refractivity contribution in [3.8, 4) is 15.8 Å². The number of aromatic hydroxyl groups is 1. The second kappa shape index (κ2) is 4.29. The Balaban J connectivity index is 2.16. The Bertz CT molecular complexity index is 641. The lowest BCUT2D eigenvalue weighted by Gasteiger charge is -1.87. The van der Waals surface area contributed by atoms with Crippen molar-refractivity contribution in [1.29, 1.82) is 0 Å². The summed E-state index contributed by atoms with van der Waals surface area (Å²) in [7, 11) is 0. The van der Waals surface area contributed by atoms with Gasteiger partial charge in [0.05, 0.1) is 10.2 Å². The normalized spacial score (nSPS) is 11.1. The van der Waals surface area contributed by atoms with E-state index in [1.165, 1.54) is 23.1 Å². The third-order valence-corrected chi connectivity index (χ3v) is 5.47. The molecule has 3 nitrogen and oxygen atoms in total. The molecule has 1 N–H and O–H groups in total. The summed E-state index contributed by atoms with van der Waals surface area (Å²) in [6, 6.07) is 7.96. The van der Waals surface area contributed by atoms with Crippen molar-refractivity contribution < 1.29 is 5.11 Å². The zero-order valence-electron chi connectivity index (χ0n) is 8.88. The molecule has 3 aromatic rings. The lowest BCUT2D eigenvalue weighted by molar-refractivity contribution is 0.456. The van der Waals surface area contributed by atoms with Crippen molar-refractivity contribution in [2.24, 2.45) is 0 Å². The highest BCUT2D eigenvalue weighted by Gasteiger charge is 2.15. The van der Waals surface area contributed by atoms with Crippen LogP contribution < -0.4 is 0 Å². The first-order valence-electron chi connectivity index (χ1n) is 4.87. The minimum Gasteiger partial charge on any atom is -0.492 e. The molecule has 2 aromatic heterocycles. The van der Waals surface area contributed by atoms with Gasteiger partial charge in [0.2, 0.25) is 5.88 Å². The summed E-state index contributed by atoms with van der Waals surface area (Å²) in [6.07, 6.45) is 1.94. The van der Waals surface area contributed by atoms with E-state index in [1.54, 1.807) is 11.3 Å². The molecular weight excluding hydrogens is 272 g/mol. The van der Waals surface area contributed by atoms with Gasteiger partial charge in [0, 0.05) is 0 Å². The highest BCUT2D eigenvalue weighted by atomic mass is 32.2. The van der Waals surface area contributed by atoms with E-state index in [1.807, 2.05) is 30.5 Å². The van der Waals surface area contributed by atoms with Gasteiger partial charge in [0.1, 0.15) is 9.88 Å². The second-order valence-corrected chi connectivity index (χ2v) is 6.41. The molecule has 17 heavy (non-hydrogen) atoms. The summed E-state index contributed by atoms with van der Waals surface area (Å²) in [6.45, 7) is 0. The number of hydrogen-bond acceptors (Lipinski definition) is 6. The second-order valence-electron chi connectivity index (χ2n) is 3.32. The molecule has 3 rings (SSSR count). The van der Waals surface area contributed by atoms with Gasteiger partial charge in [-0.25, -0.2) is 4.98 Å². The van der Waals surface area contributed by atoms with Gasteiger partial charge in [-0.3, -0.25) is 0 Å². The molecule has 0 saturated carbocycles. The van der Waals surface area contributed by atoms with E-state index < -0.39 is 0 Å². The van der Waals surface area contributed by atoms with Crippen molar-refractivity contribution in [2.45, 2.75) is 4.34 Å². The number of thiazole rings is 2. The number of aromatic nitrogens is 2. The van der Waals surface area contributed by atoms with Gasteiger partial charge in [-0.15, -0.1) is 22.7 Å².